The number of nitrogens with one attached hydrogen (secondary N) is 3. The molecule has 0 spiro atoms. The van der Waals surface area contributed by atoms with E-state index in [2.05, 4.69) is 29.8 Å². The minimum atomic E-state index is -0.553. The molecule has 27 heavy (non-hydrogen) atoms. The van der Waals surface area contributed by atoms with E-state index in [-0.39, 0.29) is 11.9 Å². The molecule has 1 aromatic carbocycles. The topological polar surface area (TPSA) is 79.5 Å². The van der Waals surface area contributed by atoms with Gasteiger partial charge in [0.1, 0.15) is 5.60 Å². The Morgan fingerprint density at radius 1 is 1.07 bits per heavy atom. The fourth-order valence-electron chi connectivity index (χ4n) is 2.55. The number of carbonyl (C=O) groups is 2. The minimum absolute atomic E-state index is 0.00962. The average molecular weight is 378 g/mol. The molecule has 0 unspecified atom stereocenters. The number of rotatable bonds is 10. The third kappa shape index (κ3) is 12.0. The van der Waals surface area contributed by atoms with Crippen LogP contribution in [0, 0.1) is 0 Å². The van der Waals surface area contributed by atoms with Crippen molar-refractivity contribution in [3.8, 4) is 0 Å². The zero-order valence-corrected chi connectivity index (χ0v) is 17.3. The Bertz CT molecular complexity index is 568. The van der Waals surface area contributed by atoms with E-state index < -0.39 is 11.7 Å². The van der Waals surface area contributed by atoms with Crippen molar-refractivity contribution in [2.75, 3.05) is 13.1 Å². The summed E-state index contributed by atoms with van der Waals surface area (Å²) >= 11 is 0. The van der Waals surface area contributed by atoms with E-state index in [4.69, 9.17) is 4.74 Å². The predicted octanol–water partition coefficient (Wildman–Crippen LogP) is 3.02. The molecule has 0 aliphatic heterocycles. The summed E-state index contributed by atoms with van der Waals surface area (Å²) in [5.41, 5.74) is 0.558. The minimum Gasteiger partial charge on any atom is -0.444 e. The monoisotopic (exact) mass is 377 g/mol. The zero-order chi connectivity index (χ0) is 20.3. The Balaban J connectivity index is 2.52. The first-order valence-electron chi connectivity index (χ1n) is 9.69. The number of hydrogen-bond acceptors (Lipinski definition) is 4. The van der Waals surface area contributed by atoms with Crippen LogP contribution in [0.3, 0.4) is 0 Å². The summed E-state index contributed by atoms with van der Waals surface area (Å²) in [7, 11) is 0. The molecule has 0 radical (unpaired) electrons. The third-order valence-electron chi connectivity index (χ3n) is 3.77. The van der Waals surface area contributed by atoms with Gasteiger partial charge in [0.25, 0.3) is 0 Å². The van der Waals surface area contributed by atoms with Crippen molar-refractivity contribution in [1.29, 1.82) is 0 Å². The van der Waals surface area contributed by atoms with Gasteiger partial charge in [-0.05, 0) is 39.2 Å². The number of carbonyl (C=O) groups excluding carboxylic acids is 2. The van der Waals surface area contributed by atoms with Crippen LogP contribution in [0.2, 0.25) is 0 Å². The maximum atomic E-state index is 12.1. The molecule has 0 fully saturated rings. The molecule has 1 atom stereocenters. The number of ether oxygens (including phenoxy) is 1. The lowest BCUT2D eigenvalue weighted by molar-refractivity contribution is -0.121. The largest absolute Gasteiger partial charge is 0.444 e. The highest BCUT2D eigenvalue weighted by Crippen LogP contribution is 2.11. The van der Waals surface area contributed by atoms with Crippen molar-refractivity contribution >= 4 is 12.0 Å². The maximum Gasteiger partial charge on any atom is 0.407 e. The van der Waals surface area contributed by atoms with Crippen molar-refractivity contribution in [2.45, 2.75) is 71.6 Å². The lowest BCUT2D eigenvalue weighted by Crippen LogP contribution is -2.41. The van der Waals surface area contributed by atoms with Crippen LogP contribution < -0.4 is 16.0 Å². The molecule has 0 aliphatic carbocycles. The Labute approximate surface area is 163 Å². The Hall–Kier alpha value is -2.08. The number of amides is 2. The summed E-state index contributed by atoms with van der Waals surface area (Å²) in [5.74, 6) is -0.00962. The molecule has 1 aromatic rings. The van der Waals surface area contributed by atoms with E-state index in [1.165, 1.54) is 0 Å². The average Bonchev–Trinajstić information content (AvgIpc) is 2.55. The first-order chi connectivity index (χ1) is 12.7. The van der Waals surface area contributed by atoms with Crippen LogP contribution >= 0.6 is 0 Å². The lowest BCUT2D eigenvalue weighted by atomic mass is 10.0. The van der Waals surface area contributed by atoms with E-state index in [1.807, 2.05) is 51.1 Å². The molecule has 0 saturated heterocycles. The first kappa shape index (κ1) is 23.0. The molecular formula is C21H35N3O3. The number of alkyl carbamates (subject to hydrolysis) is 1. The summed E-state index contributed by atoms with van der Waals surface area (Å²) in [4.78, 5) is 24.2. The number of benzene rings is 1. The van der Waals surface area contributed by atoms with E-state index in [0.717, 1.165) is 12.1 Å². The van der Waals surface area contributed by atoms with Crippen LogP contribution in [0.1, 0.15) is 53.0 Å². The molecule has 0 bridgehead atoms. The Morgan fingerprint density at radius 2 is 1.74 bits per heavy atom. The fourth-order valence-corrected chi connectivity index (χ4v) is 2.55. The van der Waals surface area contributed by atoms with Crippen molar-refractivity contribution in [3.05, 3.63) is 35.9 Å². The summed E-state index contributed by atoms with van der Waals surface area (Å²) in [6.07, 6.45) is 1.11. The van der Waals surface area contributed by atoms with Gasteiger partial charge in [-0.1, -0.05) is 44.2 Å². The highest BCUT2D eigenvalue weighted by molar-refractivity contribution is 5.76. The highest BCUT2D eigenvalue weighted by Gasteiger charge is 2.20. The van der Waals surface area contributed by atoms with Gasteiger partial charge in [0.15, 0.2) is 0 Å². The van der Waals surface area contributed by atoms with E-state index in [1.54, 1.807) is 0 Å². The van der Waals surface area contributed by atoms with Crippen LogP contribution in [-0.2, 0) is 16.0 Å². The van der Waals surface area contributed by atoms with Crippen molar-refractivity contribution in [1.82, 2.24) is 16.0 Å². The van der Waals surface area contributed by atoms with Crippen LogP contribution in [0.15, 0.2) is 30.3 Å². The van der Waals surface area contributed by atoms with Gasteiger partial charge in [0.05, 0.1) is 0 Å². The summed E-state index contributed by atoms with van der Waals surface area (Å²) in [6.45, 7) is 11.0. The maximum absolute atomic E-state index is 12.1. The molecule has 6 nitrogen and oxygen atoms in total. The standard InChI is InChI=1S/C21H35N3O3/c1-16(2)22-13-14-23-19(25)12-11-18(15-17-9-7-6-8-10-17)24-20(26)27-21(3,4)5/h6-10,16,18,22H,11-15H2,1-5H3,(H,23,25)(H,24,26)/t18-/m1/s1. The molecular weight excluding hydrogens is 342 g/mol. The van der Waals surface area contributed by atoms with Gasteiger partial charge < -0.3 is 20.7 Å². The molecule has 0 saturated carbocycles. The second-order valence-electron chi connectivity index (χ2n) is 8.03. The summed E-state index contributed by atoms with van der Waals surface area (Å²) in [5, 5.41) is 9.07. The molecule has 6 heteroatoms. The highest BCUT2D eigenvalue weighted by atomic mass is 16.6. The molecule has 0 heterocycles. The van der Waals surface area contributed by atoms with Crippen LogP contribution in [-0.4, -0.2) is 42.8 Å². The van der Waals surface area contributed by atoms with Gasteiger partial charge in [-0.2, -0.15) is 0 Å². The smallest absolute Gasteiger partial charge is 0.407 e. The van der Waals surface area contributed by atoms with Crippen LogP contribution in [0.5, 0.6) is 0 Å². The molecule has 152 valence electrons. The normalized spacial score (nSPS) is 12.5. The van der Waals surface area contributed by atoms with Gasteiger partial charge in [-0.15, -0.1) is 0 Å². The van der Waals surface area contributed by atoms with Gasteiger partial charge in [0, 0.05) is 31.6 Å². The Morgan fingerprint density at radius 3 is 2.33 bits per heavy atom. The van der Waals surface area contributed by atoms with Gasteiger partial charge in [0.2, 0.25) is 5.91 Å². The third-order valence-corrected chi connectivity index (χ3v) is 3.77. The predicted molar refractivity (Wildman–Crippen MR) is 109 cm³/mol. The van der Waals surface area contributed by atoms with E-state index >= 15 is 0 Å². The summed E-state index contributed by atoms with van der Waals surface area (Å²) in [6, 6.07) is 10.2. The van der Waals surface area contributed by atoms with Gasteiger partial charge in [-0.25, -0.2) is 4.79 Å². The summed E-state index contributed by atoms with van der Waals surface area (Å²) < 4.78 is 5.36. The second-order valence-corrected chi connectivity index (χ2v) is 8.03. The lowest BCUT2D eigenvalue weighted by Gasteiger charge is -2.24. The van der Waals surface area contributed by atoms with Gasteiger partial charge >= 0.3 is 6.09 Å². The van der Waals surface area contributed by atoms with Crippen molar-refractivity contribution < 1.29 is 14.3 Å². The molecule has 3 N–H and O–H groups in total. The quantitative estimate of drug-likeness (QED) is 0.548. The second kappa shape index (κ2) is 11.6. The van der Waals surface area contributed by atoms with Crippen LogP contribution in [0.4, 0.5) is 4.79 Å². The molecule has 0 aromatic heterocycles. The van der Waals surface area contributed by atoms with Crippen molar-refractivity contribution in [2.24, 2.45) is 0 Å². The molecule has 1 rings (SSSR count). The SMILES string of the molecule is CC(C)NCCNC(=O)CC[C@H](Cc1ccccc1)NC(=O)OC(C)(C)C. The zero-order valence-electron chi connectivity index (χ0n) is 17.3. The number of hydrogen-bond donors (Lipinski definition) is 3. The first-order valence-corrected chi connectivity index (χ1v) is 9.69. The fraction of sp³-hybridized carbons (Fsp3) is 0.619. The molecule has 0 aliphatic rings. The molecule has 2 amide bonds. The van der Waals surface area contributed by atoms with E-state index in [0.29, 0.717) is 31.8 Å². The van der Waals surface area contributed by atoms with Gasteiger partial charge in [-0.3, -0.25) is 4.79 Å². The van der Waals surface area contributed by atoms with Crippen LogP contribution in [0.25, 0.3) is 0 Å². The van der Waals surface area contributed by atoms with E-state index in [9.17, 15) is 9.59 Å². The van der Waals surface area contributed by atoms with Crippen molar-refractivity contribution in [3.63, 3.8) is 0 Å². The Kier molecular flexibility index (Phi) is 9.86.